The molecule has 1 saturated heterocycles. The van der Waals surface area contributed by atoms with Gasteiger partial charge in [-0.1, -0.05) is 0 Å². The van der Waals surface area contributed by atoms with Gasteiger partial charge < -0.3 is 14.9 Å². The topological polar surface area (TPSA) is 103 Å². The fourth-order valence-electron chi connectivity index (χ4n) is 2.57. The molecule has 2 atom stereocenters. The van der Waals surface area contributed by atoms with E-state index in [1.807, 2.05) is 11.8 Å². The van der Waals surface area contributed by atoms with Crippen LogP contribution in [0.25, 0.3) is 0 Å². The summed E-state index contributed by atoms with van der Waals surface area (Å²) in [6, 6.07) is 0. The van der Waals surface area contributed by atoms with Gasteiger partial charge in [0.2, 0.25) is 17.8 Å². The van der Waals surface area contributed by atoms with Gasteiger partial charge in [0.25, 0.3) is 0 Å². The molecule has 1 fully saturated rings. The number of hydrazine groups is 1. The Balaban J connectivity index is 2.25. The Morgan fingerprint density at radius 3 is 2.62 bits per heavy atom. The zero-order chi connectivity index (χ0) is 15.4. The van der Waals surface area contributed by atoms with E-state index in [0.717, 1.165) is 32.6 Å². The van der Waals surface area contributed by atoms with Gasteiger partial charge in [0.15, 0.2) is 0 Å². The van der Waals surface area contributed by atoms with Crippen molar-refractivity contribution in [2.75, 3.05) is 41.4 Å². The smallest absolute Gasteiger partial charge is 0.243 e. The van der Waals surface area contributed by atoms with Crippen LogP contribution in [0.3, 0.4) is 0 Å². The lowest BCUT2D eigenvalue weighted by atomic mass is 10.0. The normalized spacial score (nSPS) is 19.7. The summed E-state index contributed by atoms with van der Waals surface area (Å²) in [5, 5.41) is 9.72. The monoisotopic (exact) mass is 295 g/mol. The Bertz CT molecular complexity index is 464. The number of rotatable bonds is 6. The third kappa shape index (κ3) is 3.51. The maximum atomic E-state index is 9.72. The standard InChI is InChI=1S/C13H25N7O/c1-4-19(5-2)12-15-11(18-14)16-13(17-12)20-7-6-10(8-20)9(3)21/h9-10,21H,4-8,14H2,1-3H3,(H,15,16,17,18). The van der Waals surface area contributed by atoms with Crippen LogP contribution >= 0.6 is 0 Å². The Hall–Kier alpha value is -1.67. The first-order valence-electron chi connectivity index (χ1n) is 7.49. The van der Waals surface area contributed by atoms with E-state index in [1.165, 1.54) is 0 Å². The second-order valence-corrected chi connectivity index (χ2v) is 5.31. The Kier molecular flexibility index (Phi) is 5.13. The third-order valence-corrected chi connectivity index (χ3v) is 3.98. The van der Waals surface area contributed by atoms with Gasteiger partial charge in [-0.05, 0) is 27.2 Å². The van der Waals surface area contributed by atoms with Crippen molar-refractivity contribution >= 4 is 17.8 Å². The van der Waals surface area contributed by atoms with E-state index in [9.17, 15) is 5.11 Å². The van der Waals surface area contributed by atoms with Crippen molar-refractivity contribution in [3.63, 3.8) is 0 Å². The predicted octanol–water partition coefficient (Wildman–Crippen LogP) is 0.211. The van der Waals surface area contributed by atoms with Gasteiger partial charge in [0, 0.05) is 32.1 Å². The van der Waals surface area contributed by atoms with Gasteiger partial charge in [-0.25, -0.2) is 5.84 Å². The fourth-order valence-corrected chi connectivity index (χ4v) is 2.57. The molecule has 0 aromatic carbocycles. The van der Waals surface area contributed by atoms with Crippen molar-refractivity contribution in [2.45, 2.75) is 33.3 Å². The van der Waals surface area contributed by atoms with Crippen LogP contribution in [-0.4, -0.2) is 52.3 Å². The number of nitrogens with one attached hydrogen (secondary N) is 1. The van der Waals surface area contributed by atoms with Gasteiger partial charge in [0.05, 0.1) is 6.10 Å². The average molecular weight is 295 g/mol. The first-order chi connectivity index (χ1) is 10.1. The van der Waals surface area contributed by atoms with Gasteiger partial charge in [-0.2, -0.15) is 15.0 Å². The highest BCUT2D eigenvalue weighted by Crippen LogP contribution is 2.25. The second-order valence-electron chi connectivity index (χ2n) is 5.31. The van der Waals surface area contributed by atoms with Gasteiger partial charge >= 0.3 is 0 Å². The zero-order valence-electron chi connectivity index (χ0n) is 13.0. The number of hydrogen-bond acceptors (Lipinski definition) is 8. The lowest BCUT2D eigenvalue weighted by Gasteiger charge is -2.22. The summed E-state index contributed by atoms with van der Waals surface area (Å²) < 4.78 is 0. The van der Waals surface area contributed by atoms with Crippen LogP contribution in [0.1, 0.15) is 27.2 Å². The van der Waals surface area contributed by atoms with Crippen molar-refractivity contribution in [3.05, 3.63) is 0 Å². The van der Waals surface area contributed by atoms with Crippen LogP contribution in [0.5, 0.6) is 0 Å². The molecule has 2 heterocycles. The molecule has 0 amide bonds. The summed E-state index contributed by atoms with van der Waals surface area (Å²) in [7, 11) is 0. The van der Waals surface area contributed by atoms with Crippen molar-refractivity contribution < 1.29 is 5.11 Å². The molecule has 1 aliphatic rings. The second kappa shape index (κ2) is 6.86. The van der Waals surface area contributed by atoms with Crippen LogP contribution in [0.2, 0.25) is 0 Å². The van der Waals surface area contributed by atoms with Crippen LogP contribution in [0.4, 0.5) is 17.8 Å². The number of nitrogen functional groups attached to an aromatic ring is 1. The summed E-state index contributed by atoms with van der Waals surface area (Å²) in [4.78, 5) is 17.3. The molecule has 2 unspecified atom stereocenters. The number of nitrogens with two attached hydrogens (primary N) is 1. The van der Waals surface area contributed by atoms with Crippen molar-refractivity contribution in [2.24, 2.45) is 11.8 Å². The van der Waals surface area contributed by atoms with Crippen molar-refractivity contribution in [3.8, 4) is 0 Å². The SMILES string of the molecule is CCN(CC)c1nc(NN)nc(N2CCC(C(C)O)C2)n1. The number of aliphatic hydroxyl groups excluding tert-OH is 1. The van der Waals surface area contributed by atoms with E-state index in [1.54, 1.807) is 0 Å². The van der Waals surface area contributed by atoms with E-state index in [4.69, 9.17) is 5.84 Å². The minimum Gasteiger partial charge on any atom is -0.393 e. The quantitative estimate of drug-likeness (QED) is 0.505. The number of aromatic nitrogens is 3. The van der Waals surface area contributed by atoms with Gasteiger partial charge in [-0.15, -0.1) is 0 Å². The molecule has 0 spiro atoms. The number of anilines is 3. The van der Waals surface area contributed by atoms with Crippen LogP contribution in [0, 0.1) is 5.92 Å². The maximum absolute atomic E-state index is 9.72. The maximum Gasteiger partial charge on any atom is 0.243 e. The molecule has 8 heteroatoms. The summed E-state index contributed by atoms with van der Waals surface area (Å²) in [5.41, 5.74) is 2.50. The minimum absolute atomic E-state index is 0.257. The molecule has 1 aromatic rings. The molecule has 118 valence electrons. The molecule has 2 rings (SSSR count). The molecule has 8 nitrogen and oxygen atoms in total. The summed E-state index contributed by atoms with van der Waals surface area (Å²) >= 11 is 0. The van der Waals surface area contributed by atoms with Crippen LogP contribution < -0.4 is 21.1 Å². The molecule has 0 aliphatic carbocycles. The highest BCUT2D eigenvalue weighted by Gasteiger charge is 2.28. The van der Waals surface area contributed by atoms with Crippen molar-refractivity contribution in [1.82, 2.24) is 15.0 Å². The third-order valence-electron chi connectivity index (χ3n) is 3.98. The van der Waals surface area contributed by atoms with E-state index < -0.39 is 0 Å². The van der Waals surface area contributed by atoms with Gasteiger partial charge in [-0.3, -0.25) is 5.43 Å². The molecule has 21 heavy (non-hydrogen) atoms. The van der Waals surface area contributed by atoms with E-state index in [2.05, 4.69) is 39.1 Å². The lowest BCUT2D eigenvalue weighted by molar-refractivity contribution is 0.136. The predicted molar refractivity (Wildman–Crippen MR) is 83.2 cm³/mol. The van der Waals surface area contributed by atoms with Gasteiger partial charge in [0.1, 0.15) is 0 Å². The lowest BCUT2D eigenvalue weighted by Crippen LogP contribution is -2.29. The molecule has 0 saturated carbocycles. The van der Waals surface area contributed by atoms with Crippen molar-refractivity contribution in [1.29, 1.82) is 0 Å². The van der Waals surface area contributed by atoms with Crippen LogP contribution in [-0.2, 0) is 0 Å². The summed E-state index contributed by atoms with van der Waals surface area (Å²) in [5.74, 6) is 7.32. The molecular weight excluding hydrogens is 270 g/mol. The average Bonchev–Trinajstić information content (AvgIpc) is 2.98. The minimum atomic E-state index is -0.314. The summed E-state index contributed by atoms with van der Waals surface area (Å²) in [6.07, 6.45) is 0.626. The molecule has 0 radical (unpaired) electrons. The molecule has 1 aliphatic heterocycles. The number of hydrogen-bond donors (Lipinski definition) is 3. The molecular formula is C13H25N7O. The zero-order valence-corrected chi connectivity index (χ0v) is 13.0. The van der Waals surface area contributed by atoms with E-state index in [-0.39, 0.29) is 12.0 Å². The van der Waals surface area contributed by atoms with E-state index in [0.29, 0.717) is 17.8 Å². The number of nitrogens with zero attached hydrogens (tertiary/aromatic N) is 5. The summed E-state index contributed by atoms with van der Waals surface area (Å²) in [6.45, 7) is 9.17. The van der Waals surface area contributed by atoms with E-state index >= 15 is 0 Å². The Morgan fingerprint density at radius 2 is 2.10 bits per heavy atom. The fraction of sp³-hybridized carbons (Fsp3) is 0.769. The van der Waals surface area contributed by atoms with Crippen LogP contribution in [0.15, 0.2) is 0 Å². The molecule has 1 aromatic heterocycles. The highest BCUT2D eigenvalue weighted by molar-refractivity contribution is 5.45. The molecule has 0 bridgehead atoms. The largest absolute Gasteiger partial charge is 0.393 e. The number of aliphatic hydroxyl groups is 1. The Labute approximate surface area is 125 Å². The first kappa shape index (κ1) is 15.7. The highest BCUT2D eigenvalue weighted by atomic mass is 16.3. The Morgan fingerprint density at radius 1 is 1.38 bits per heavy atom. The molecule has 4 N–H and O–H groups in total. The first-order valence-corrected chi connectivity index (χ1v) is 7.49.